The van der Waals surface area contributed by atoms with Crippen LogP contribution in [0.5, 0.6) is 0 Å². The van der Waals surface area contributed by atoms with Gasteiger partial charge in [0.15, 0.2) is 11.6 Å². The van der Waals surface area contributed by atoms with E-state index in [4.69, 9.17) is 23.7 Å². The topological polar surface area (TPSA) is 191 Å². The highest BCUT2D eigenvalue weighted by molar-refractivity contribution is 5.84. The van der Waals surface area contributed by atoms with Crippen LogP contribution < -0.4 is 10.6 Å². The van der Waals surface area contributed by atoms with Crippen molar-refractivity contribution in [2.75, 3.05) is 6.54 Å². The number of aliphatic hydroxyl groups excluding tert-OH is 1. The van der Waals surface area contributed by atoms with Crippen molar-refractivity contribution >= 4 is 17.7 Å². The summed E-state index contributed by atoms with van der Waals surface area (Å²) in [4.78, 5) is 51.3. The fraction of sp³-hybridized carbons (Fsp3) is 0.891. The molecule has 5 aliphatic heterocycles. The largest absolute Gasteiger partial charge is 0.392 e. The van der Waals surface area contributed by atoms with Gasteiger partial charge in [0, 0.05) is 41.8 Å². The predicted octanol–water partition coefficient (Wildman–Crippen LogP) is 7.11. The number of carbonyl (C=O) groups is 3. The first-order valence-corrected chi connectivity index (χ1v) is 23.2. The van der Waals surface area contributed by atoms with Crippen LogP contribution in [0.1, 0.15) is 147 Å². The molecule has 4 saturated heterocycles. The molecule has 5 heterocycles. The highest BCUT2D eigenvalue weighted by atomic mass is 16.8. The van der Waals surface area contributed by atoms with Gasteiger partial charge < -0.3 is 44.5 Å². The first kappa shape index (κ1) is 48.7. The van der Waals surface area contributed by atoms with Crippen LogP contribution in [0, 0.1) is 46.3 Å². The minimum Gasteiger partial charge on any atom is -0.392 e. The van der Waals surface area contributed by atoms with Gasteiger partial charge in [-0.25, -0.2) is 4.79 Å². The Morgan fingerprint density at radius 2 is 1.60 bits per heavy atom. The molecular formula is C46H77N3O11. The normalized spacial score (nSPS) is 41.9. The van der Waals surface area contributed by atoms with Gasteiger partial charge in [0.1, 0.15) is 11.8 Å². The predicted molar refractivity (Wildman–Crippen MR) is 226 cm³/mol. The zero-order valence-corrected chi connectivity index (χ0v) is 38.2. The minimum atomic E-state index is -1.32. The van der Waals surface area contributed by atoms with Gasteiger partial charge in [-0.15, -0.1) is 4.91 Å². The van der Waals surface area contributed by atoms with Crippen molar-refractivity contribution in [1.29, 1.82) is 0 Å². The number of ether oxygens (including phenoxy) is 5. The fourth-order valence-electron chi connectivity index (χ4n) is 11.2. The summed E-state index contributed by atoms with van der Waals surface area (Å²) in [6.45, 7) is 22.1. The number of nitroso groups, excluding NO2 is 1. The number of Topliss-reactive ketones (excluding diaryl/α,β-unsaturated/α-hetero) is 1. The molecule has 0 saturated carbocycles. The molecule has 342 valence electrons. The number of aliphatic hydroxyl groups is 2. The Hall–Kier alpha value is -2.33. The lowest BCUT2D eigenvalue weighted by Gasteiger charge is -2.55. The molecule has 60 heavy (non-hydrogen) atoms. The third-order valence-electron chi connectivity index (χ3n) is 15.4. The number of rotatable bonds is 15. The molecule has 0 aromatic rings. The van der Waals surface area contributed by atoms with Crippen molar-refractivity contribution in [1.82, 2.24) is 10.6 Å². The van der Waals surface area contributed by atoms with Crippen LogP contribution in [-0.4, -0.2) is 99.9 Å². The maximum Gasteiger partial charge on any atom is 0.315 e. The number of nitrogens with zero attached hydrogens (tertiary/aromatic N) is 1. The first-order chi connectivity index (χ1) is 28.3. The van der Waals surface area contributed by atoms with Crippen LogP contribution in [0.15, 0.2) is 17.3 Å². The molecule has 14 nitrogen and oxygen atoms in total. The second-order valence-corrected chi connectivity index (χ2v) is 19.4. The average molecular weight is 848 g/mol. The van der Waals surface area contributed by atoms with Crippen LogP contribution in [0.25, 0.3) is 0 Å². The summed E-state index contributed by atoms with van der Waals surface area (Å²) in [5.41, 5.74) is -1.70. The van der Waals surface area contributed by atoms with Crippen molar-refractivity contribution in [3.63, 3.8) is 0 Å². The quantitative estimate of drug-likeness (QED) is 0.0970. The number of amides is 3. The van der Waals surface area contributed by atoms with Gasteiger partial charge in [-0.05, 0) is 96.0 Å². The van der Waals surface area contributed by atoms with E-state index in [1.807, 2.05) is 60.6 Å². The van der Waals surface area contributed by atoms with Crippen LogP contribution in [-0.2, 0) is 33.3 Å². The Morgan fingerprint density at radius 3 is 2.22 bits per heavy atom. The van der Waals surface area contributed by atoms with E-state index in [0.717, 1.165) is 12.8 Å². The molecule has 2 unspecified atom stereocenters. The van der Waals surface area contributed by atoms with Crippen molar-refractivity contribution in [2.24, 2.45) is 46.6 Å². The lowest BCUT2D eigenvalue weighted by molar-refractivity contribution is -0.397. The number of hydrogen-bond donors (Lipinski definition) is 4. The molecule has 5 aliphatic rings. The molecule has 0 bridgehead atoms. The van der Waals surface area contributed by atoms with Crippen molar-refractivity contribution in [3.8, 4) is 0 Å². The van der Waals surface area contributed by atoms with Crippen LogP contribution in [0.2, 0.25) is 0 Å². The average Bonchev–Trinajstić information content (AvgIpc) is 3.57. The molecule has 0 aromatic heterocycles. The van der Waals surface area contributed by atoms with E-state index in [2.05, 4.69) is 36.6 Å². The summed E-state index contributed by atoms with van der Waals surface area (Å²) in [6, 6.07) is -0.991. The minimum absolute atomic E-state index is 0.0217. The Kier molecular flexibility index (Phi) is 15.9. The van der Waals surface area contributed by atoms with Gasteiger partial charge in [0.25, 0.3) is 5.91 Å². The molecule has 14 heteroatoms. The SMILES string of the molecule is CCCNC(=O)NC1C=C[C@]2(O[C@H]([C@@H](CC)C(=O)[C@@H](C)[C@@H](O)[C@H](C)[C@@H]3O[C@@H](C(CC)C(=O)N=O)CC[C@@H]3C)[C@@H](C)C[C@H]2C)O[C@@]12CC[C@@](C)([C@H]1CC[C@](O)(CC)[C@H](C)O1)O2. The summed E-state index contributed by atoms with van der Waals surface area (Å²) < 4.78 is 34.4. The third kappa shape index (κ3) is 9.60. The van der Waals surface area contributed by atoms with E-state index in [-0.39, 0.29) is 41.8 Å². The van der Waals surface area contributed by atoms with E-state index in [9.17, 15) is 29.5 Å². The van der Waals surface area contributed by atoms with Gasteiger partial charge in [-0.1, -0.05) is 68.4 Å². The zero-order chi connectivity index (χ0) is 44.4. The van der Waals surface area contributed by atoms with E-state index < -0.39 is 82.8 Å². The van der Waals surface area contributed by atoms with Crippen molar-refractivity contribution in [2.45, 2.75) is 212 Å². The molecule has 0 aromatic carbocycles. The molecule has 4 N–H and O–H groups in total. The van der Waals surface area contributed by atoms with Gasteiger partial charge in [-0.3, -0.25) is 9.59 Å². The zero-order valence-electron chi connectivity index (χ0n) is 38.2. The third-order valence-corrected chi connectivity index (χ3v) is 15.4. The monoisotopic (exact) mass is 848 g/mol. The number of carbonyl (C=O) groups excluding carboxylic acids is 3. The Balaban J connectivity index is 1.38. The molecular weight excluding hydrogens is 771 g/mol. The maximum atomic E-state index is 14.7. The van der Waals surface area contributed by atoms with Gasteiger partial charge >= 0.3 is 6.03 Å². The van der Waals surface area contributed by atoms with E-state index in [1.165, 1.54) is 0 Å². The Morgan fingerprint density at radius 1 is 0.900 bits per heavy atom. The second kappa shape index (κ2) is 19.6. The first-order valence-electron chi connectivity index (χ1n) is 23.2. The molecule has 2 spiro atoms. The smallest absolute Gasteiger partial charge is 0.315 e. The standard InChI is InChI=1S/C46H77N3O11/c1-12-24-47-42(53)48-35-18-21-45(60-46(35)23-22-43(11,59-46)36-19-20-44(54,15-4)31(10)56-36)28(7)25-27(6)40(58-45)33(14-3)38(51)29(8)37(50)30(9)39-26(5)16-17-34(57-39)32(13-2)41(52)49-55/h18,21,26-37,39-40,50,54H,12-17,19-20,22-25H2,1-11H3,(H2,47,48,53)/t26-,27-,28+,29-,30-,31-,32?,33-,34+,35?,36+,37+,39+,40-,43-,44+,45-,46-/m0/s1. The summed E-state index contributed by atoms with van der Waals surface area (Å²) in [7, 11) is 0. The summed E-state index contributed by atoms with van der Waals surface area (Å²) in [5.74, 6) is -5.90. The highest BCUT2D eigenvalue weighted by Gasteiger charge is 2.63. The van der Waals surface area contributed by atoms with Gasteiger partial charge in [0.05, 0.1) is 53.7 Å². The molecule has 3 amide bonds. The van der Waals surface area contributed by atoms with Gasteiger partial charge in [0.2, 0.25) is 0 Å². The number of nitrogens with one attached hydrogen (secondary N) is 2. The summed E-state index contributed by atoms with van der Waals surface area (Å²) in [5, 5.41) is 31.8. The van der Waals surface area contributed by atoms with E-state index >= 15 is 0 Å². The lowest BCUT2D eigenvalue weighted by atomic mass is 9.72. The second-order valence-electron chi connectivity index (χ2n) is 19.4. The maximum absolute atomic E-state index is 14.7. The molecule has 5 rings (SSSR count). The highest BCUT2D eigenvalue weighted by Crippen LogP contribution is 2.54. The Bertz CT molecular complexity index is 1550. The lowest BCUT2D eigenvalue weighted by Crippen LogP contribution is -2.66. The number of hydrogen-bond acceptors (Lipinski definition) is 11. The Labute approximate surface area is 358 Å². The van der Waals surface area contributed by atoms with Crippen LogP contribution in [0.3, 0.4) is 0 Å². The van der Waals surface area contributed by atoms with Gasteiger partial charge in [-0.2, -0.15) is 0 Å². The summed E-state index contributed by atoms with van der Waals surface area (Å²) in [6.07, 6.45) is 7.17. The molecule has 0 radical (unpaired) electrons. The molecule has 4 fully saturated rings. The number of urea groups is 1. The molecule has 18 atom stereocenters. The van der Waals surface area contributed by atoms with E-state index in [0.29, 0.717) is 64.3 Å². The summed E-state index contributed by atoms with van der Waals surface area (Å²) >= 11 is 0. The molecule has 0 aliphatic carbocycles. The fourth-order valence-corrected chi connectivity index (χ4v) is 11.2. The van der Waals surface area contributed by atoms with Crippen molar-refractivity contribution in [3.05, 3.63) is 17.1 Å². The van der Waals surface area contributed by atoms with Crippen molar-refractivity contribution < 1.29 is 48.3 Å². The van der Waals surface area contributed by atoms with Crippen LogP contribution in [0.4, 0.5) is 4.79 Å². The number of ketones is 1. The van der Waals surface area contributed by atoms with Crippen LogP contribution >= 0.6 is 0 Å². The van der Waals surface area contributed by atoms with E-state index in [1.54, 1.807) is 6.92 Å².